The standard InChI is InChI=1S/C44H53N9O6/c1-24(2)37(50-43(56)58-6)41(54)52-18-8-10-35(52)39-46-31-16-13-27(21-33(31)48-39)26-12-15-30(29(20-26)23-45-5)28-14-17-32-34(22-28)49-40(47-32)36-11-9-19-53(36)42(55)38(25(3)4)51-44(57)59-7/h12-17,20-22,24-25,35-38H,5,8-11,18-19,23H2,1-4,6-7H3,(H,46,48)(H,47,49)(H,50,56)(H,51,57)/t35-,36-,37-,38-/m0/s1. The van der Waals surface area contributed by atoms with Crippen LogP contribution in [0.3, 0.4) is 0 Å². The van der Waals surface area contributed by atoms with Crippen molar-refractivity contribution in [3.63, 3.8) is 0 Å². The minimum Gasteiger partial charge on any atom is -0.453 e. The summed E-state index contributed by atoms with van der Waals surface area (Å²) in [4.78, 5) is 76.2. The van der Waals surface area contributed by atoms with Gasteiger partial charge in [0.05, 0.1) is 54.9 Å². The van der Waals surface area contributed by atoms with Crippen LogP contribution in [-0.4, -0.2) is 99.8 Å². The maximum Gasteiger partial charge on any atom is 0.407 e. The molecular weight excluding hydrogens is 751 g/mol. The predicted octanol–water partition coefficient (Wildman–Crippen LogP) is 7.06. The van der Waals surface area contributed by atoms with Crippen LogP contribution in [0.15, 0.2) is 59.6 Å². The summed E-state index contributed by atoms with van der Waals surface area (Å²) in [6, 6.07) is 16.7. The molecular formula is C44H53N9O6. The zero-order chi connectivity index (χ0) is 42.0. The van der Waals surface area contributed by atoms with Gasteiger partial charge in [0.1, 0.15) is 23.7 Å². The number of carbonyl (C=O) groups is 4. The van der Waals surface area contributed by atoms with Gasteiger partial charge >= 0.3 is 12.2 Å². The number of aliphatic imine (C=N–C) groups is 1. The van der Waals surface area contributed by atoms with Crippen LogP contribution in [0, 0.1) is 11.8 Å². The Balaban J connectivity index is 1.12. The maximum absolute atomic E-state index is 13.7. The third-order valence-electron chi connectivity index (χ3n) is 11.5. The van der Waals surface area contributed by atoms with Crippen LogP contribution in [-0.2, 0) is 25.6 Å². The number of fused-ring (bicyclic) bond motifs is 2. The highest BCUT2D eigenvalue weighted by atomic mass is 16.5. The summed E-state index contributed by atoms with van der Waals surface area (Å²) < 4.78 is 9.57. The number of imidazole rings is 2. The van der Waals surface area contributed by atoms with Gasteiger partial charge in [0.15, 0.2) is 0 Å². The van der Waals surface area contributed by atoms with Crippen molar-refractivity contribution in [3.8, 4) is 22.3 Å². The average molecular weight is 804 g/mol. The second-order valence-corrected chi connectivity index (χ2v) is 16.1. The van der Waals surface area contributed by atoms with E-state index in [1.54, 1.807) is 0 Å². The van der Waals surface area contributed by atoms with E-state index in [1.807, 2.05) is 61.8 Å². The van der Waals surface area contributed by atoms with Crippen molar-refractivity contribution in [2.24, 2.45) is 16.8 Å². The molecule has 7 rings (SSSR count). The summed E-state index contributed by atoms with van der Waals surface area (Å²) in [5, 5.41) is 5.42. The number of nitrogens with zero attached hydrogens (tertiary/aromatic N) is 5. The number of methoxy groups -OCH3 is 2. The number of hydrogen-bond donors (Lipinski definition) is 4. The Morgan fingerprint density at radius 1 is 0.729 bits per heavy atom. The van der Waals surface area contributed by atoms with Gasteiger partial charge in [-0.1, -0.05) is 52.0 Å². The highest BCUT2D eigenvalue weighted by molar-refractivity contribution is 5.89. The Morgan fingerprint density at radius 2 is 1.19 bits per heavy atom. The molecule has 59 heavy (non-hydrogen) atoms. The fourth-order valence-corrected chi connectivity index (χ4v) is 8.41. The first-order valence-electron chi connectivity index (χ1n) is 20.3. The molecule has 0 aliphatic carbocycles. The van der Waals surface area contributed by atoms with E-state index in [1.165, 1.54) is 14.2 Å². The van der Waals surface area contributed by atoms with Crippen LogP contribution < -0.4 is 10.6 Å². The molecule has 4 atom stereocenters. The Bertz CT molecular complexity index is 2380. The first-order valence-corrected chi connectivity index (χ1v) is 20.3. The number of aromatic nitrogens is 4. The first kappa shape index (κ1) is 40.9. The Kier molecular flexibility index (Phi) is 12.0. The minimum atomic E-state index is -0.709. The van der Waals surface area contributed by atoms with E-state index in [0.29, 0.717) is 25.5 Å². The molecule has 15 nitrogen and oxygen atoms in total. The lowest BCUT2D eigenvalue weighted by Crippen LogP contribution is -2.51. The van der Waals surface area contributed by atoms with Crippen molar-refractivity contribution in [1.82, 2.24) is 40.4 Å². The van der Waals surface area contributed by atoms with Crippen LogP contribution in [0.25, 0.3) is 44.3 Å². The Hall–Kier alpha value is -6.25. The van der Waals surface area contributed by atoms with E-state index in [0.717, 1.165) is 81.4 Å². The van der Waals surface area contributed by atoms with Crippen molar-refractivity contribution >= 4 is 52.8 Å². The van der Waals surface area contributed by atoms with Crippen molar-refractivity contribution in [1.29, 1.82) is 0 Å². The molecule has 0 radical (unpaired) electrons. The molecule has 5 aromatic rings. The molecule has 0 bridgehead atoms. The van der Waals surface area contributed by atoms with Crippen LogP contribution in [0.1, 0.15) is 82.7 Å². The highest BCUT2D eigenvalue weighted by Gasteiger charge is 2.39. The number of nitrogens with one attached hydrogen (secondary N) is 4. The van der Waals surface area contributed by atoms with E-state index in [4.69, 9.17) is 19.4 Å². The predicted molar refractivity (Wildman–Crippen MR) is 226 cm³/mol. The molecule has 2 aromatic heterocycles. The number of likely N-dealkylation sites (tertiary alicyclic amines) is 2. The van der Waals surface area contributed by atoms with E-state index in [-0.39, 0.29) is 35.7 Å². The van der Waals surface area contributed by atoms with Crippen LogP contribution in [0.2, 0.25) is 0 Å². The third kappa shape index (κ3) is 8.36. The first-order chi connectivity index (χ1) is 28.4. The molecule has 4 amide bonds. The Labute approximate surface area is 343 Å². The number of hydrogen-bond acceptors (Lipinski definition) is 9. The number of amides is 4. The molecule has 2 saturated heterocycles. The molecule has 0 saturated carbocycles. The molecule has 4 heterocycles. The lowest BCUT2D eigenvalue weighted by Gasteiger charge is -2.29. The number of H-pyrrole nitrogens is 2. The lowest BCUT2D eigenvalue weighted by molar-refractivity contribution is -0.136. The number of carbonyl (C=O) groups excluding carboxylic acids is 4. The molecule has 2 aliphatic rings. The number of rotatable bonds is 12. The Morgan fingerprint density at radius 3 is 1.66 bits per heavy atom. The normalized spacial score (nSPS) is 17.8. The van der Waals surface area contributed by atoms with Crippen LogP contribution >= 0.6 is 0 Å². The molecule has 15 heteroatoms. The van der Waals surface area contributed by atoms with E-state index >= 15 is 0 Å². The van der Waals surface area contributed by atoms with Crippen molar-refractivity contribution in [3.05, 3.63) is 71.8 Å². The maximum atomic E-state index is 13.7. The lowest BCUT2D eigenvalue weighted by atomic mass is 9.94. The smallest absolute Gasteiger partial charge is 0.407 e. The van der Waals surface area contributed by atoms with E-state index in [2.05, 4.69) is 62.6 Å². The topological polar surface area (TPSA) is 187 Å². The molecule has 2 fully saturated rings. The van der Waals surface area contributed by atoms with Gasteiger partial charge in [-0.3, -0.25) is 14.6 Å². The summed E-state index contributed by atoms with van der Waals surface area (Å²) in [6.45, 7) is 13.0. The van der Waals surface area contributed by atoms with Gasteiger partial charge in [0.25, 0.3) is 0 Å². The van der Waals surface area contributed by atoms with E-state index in [9.17, 15) is 19.2 Å². The van der Waals surface area contributed by atoms with Gasteiger partial charge in [-0.15, -0.1) is 0 Å². The van der Waals surface area contributed by atoms with Gasteiger partial charge in [-0.05, 0) is 102 Å². The van der Waals surface area contributed by atoms with Crippen molar-refractivity contribution in [2.75, 3.05) is 27.3 Å². The number of ether oxygens (including phenoxy) is 2. The summed E-state index contributed by atoms with van der Waals surface area (Å²) in [6.07, 6.45) is 1.92. The van der Waals surface area contributed by atoms with E-state index < -0.39 is 24.3 Å². The zero-order valence-electron chi connectivity index (χ0n) is 34.5. The van der Waals surface area contributed by atoms with Crippen LogP contribution in [0.4, 0.5) is 9.59 Å². The zero-order valence-corrected chi connectivity index (χ0v) is 34.5. The van der Waals surface area contributed by atoms with Crippen molar-refractivity contribution in [2.45, 2.75) is 84.1 Å². The van der Waals surface area contributed by atoms with Gasteiger partial charge < -0.3 is 39.9 Å². The highest BCUT2D eigenvalue weighted by Crippen LogP contribution is 2.37. The van der Waals surface area contributed by atoms with Gasteiger partial charge in [-0.2, -0.15) is 0 Å². The summed E-state index contributed by atoms with van der Waals surface area (Å²) in [5.41, 5.74) is 8.34. The van der Waals surface area contributed by atoms with Gasteiger partial charge in [0.2, 0.25) is 11.8 Å². The largest absolute Gasteiger partial charge is 0.453 e. The minimum absolute atomic E-state index is 0.121. The number of alkyl carbamates (subject to hydrolysis) is 2. The second-order valence-electron chi connectivity index (χ2n) is 16.1. The summed E-state index contributed by atoms with van der Waals surface area (Å²) >= 11 is 0. The number of benzene rings is 3. The summed E-state index contributed by atoms with van der Waals surface area (Å²) in [7, 11) is 2.58. The monoisotopic (exact) mass is 803 g/mol. The molecule has 2 aliphatic heterocycles. The molecule has 0 spiro atoms. The third-order valence-corrected chi connectivity index (χ3v) is 11.5. The molecule has 3 aromatic carbocycles. The van der Waals surface area contributed by atoms with Crippen LogP contribution in [0.5, 0.6) is 0 Å². The SMILES string of the molecule is C=NCc1cc(-c2ccc3nc([C@@H]4CCCN4C(=O)[C@@H](NC(=O)OC)C(C)C)[nH]c3c2)ccc1-c1ccc2nc([C@@H]3CCCN3C(=O)[C@@H](NC(=O)OC)C(C)C)[nH]c2c1. The number of aromatic amines is 2. The van der Waals surface area contributed by atoms with Crippen molar-refractivity contribution < 1.29 is 28.7 Å². The molecule has 310 valence electrons. The van der Waals surface area contributed by atoms with Gasteiger partial charge in [0, 0.05) is 13.1 Å². The summed E-state index contributed by atoms with van der Waals surface area (Å²) in [5.74, 6) is 0.888. The molecule has 0 unspecified atom stereocenters. The fourth-order valence-electron chi connectivity index (χ4n) is 8.41. The quantitative estimate of drug-likeness (QED) is 0.0965. The average Bonchev–Trinajstić information content (AvgIpc) is 4.06. The fraction of sp³-hybridized carbons (Fsp3) is 0.432. The van der Waals surface area contributed by atoms with Gasteiger partial charge in [-0.25, -0.2) is 19.6 Å². The second kappa shape index (κ2) is 17.3. The molecule has 4 N–H and O–H groups in total.